The number of nitriles is 1. The van der Waals surface area contributed by atoms with E-state index in [0.29, 0.717) is 12.2 Å². The molecule has 0 spiro atoms. The van der Waals surface area contributed by atoms with Crippen molar-refractivity contribution in [3.8, 4) is 17.7 Å². The minimum Gasteiger partial charge on any atom is -0.435 e. The molecule has 5 nitrogen and oxygen atoms in total. The minimum absolute atomic E-state index is 0.104. The highest BCUT2D eigenvalue weighted by molar-refractivity contribution is 6.99. The second-order valence-electron chi connectivity index (χ2n) is 3.27. The summed E-state index contributed by atoms with van der Waals surface area (Å²) in [5.41, 5.74) is 0.326. The number of benzene rings is 1. The van der Waals surface area contributed by atoms with E-state index >= 15 is 0 Å². The number of rotatable bonds is 3. The predicted molar refractivity (Wildman–Crippen MR) is 67.0 cm³/mol. The van der Waals surface area contributed by atoms with Crippen LogP contribution in [0, 0.1) is 11.3 Å². The summed E-state index contributed by atoms with van der Waals surface area (Å²) >= 11 is 6.38. The summed E-state index contributed by atoms with van der Waals surface area (Å²) in [6.45, 7) is 0. The fraction of sp³-hybridized carbons (Fsp3) is 0.0909. The maximum atomic E-state index is 11.5. The molecule has 90 valence electrons. The second kappa shape index (κ2) is 5.58. The van der Waals surface area contributed by atoms with Gasteiger partial charge in [-0.2, -0.15) is 9.64 Å². The van der Waals surface area contributed by atoms with Crippen molar-refractivity contribution in [1.82, 2.24) is 8.75 Å². The summed E-state index contributed by atoms with van der Waals surface area (Å²) in [5, 5.41) is 8.38. The van der Waals surface area contributed by atoms with E-state index < -0.39 is 5.43 Å². The average Bonchev–Trinajstić information content (AvgIpc) is 2.38. The maximum absolute atomic E-state index is 11.5. The molecule has 1 aromatic carbocycles. The summed E-state index contributed by atoms with van der Waals surface area (Å²) in [7, 11) is 0. The van der Waals surface area contributed by atoms with E-state index in [0.717, 1.165) is 17.3 Å². The molecule has 0 saturated carbocycles. The molecule has 0 unspecified atom stereocenters. The molecule has 0 radical (unpaired) electrons. The summed E-state index contributed by atoms with van der Waals surface area (Å²) < 4.78 is 12.6. The van der Waals surface area contributed by atoms with E-state index in [1.807, 2.05) is 6.07 Å². The van der Waals surface area contributed by atoms with Crippen molar-refractivity contribution in [3.63, 3.8) is 0 Å². The highest BCUT2D eigenvalue weighted by atomic mass is 35.5. The van der Waals surface area contributed by atoms with E-state index in [4.69, 9.17) is 21.6 Å². The number of halogens is 1. The third kappa shape index (κ3) is 2.83. The first-order valence-corrected chi connectivity index (χ1v) is 5.97. The van der Waals surface area contributed by atoms with Gasteiger partial charge in [0.25, 0.3) is 11.3 Å². The van der Waals surface area contributed by atoms with Crippen molar-refractivity contribution >= 4 is 23.3 Å². The van der Waals surface area contributed by atoms with Gasteiger partial charge in [-0.15, -0.1) is 4.37 Å². The van der Waals surface area contributed by atoms with Crippen LogP contribution in [0.2, 0.25) is 5.15 Å². The Morgan fingerprint density at radius 1 is 1.33 bits per heavy atom. The Balaban J connectivity index is 2.22. The lowest BCUT2D eigenvalue weighted by atomic mass is 10.2. The van der Waals surface area contributed by atoms with Gasteiger partial charge in [-0.1, -0.05) is 23.7 Å². The van der Waals surface area contributed by atoms with Crippen molar-refractivity contribution in [3.05, 3.63) is 45.2 Å². The van der Waals surface area contributed by atoms with Crippen LogP contribution in [0.4, 0.5) is 0 Å². The molecule has 0 atom stereocenters. The van der Waals surface area contributed by atoms with Crippen molar-refractivity contribution in [2.75, 3.05) is 0 Å². The van der Waals surface area contributed by atoms with Crippen LogP contribution in [0.3, 0.4) is 0 Å². The van der Waals surface area contributed by atoms with Gasteiger partial charge in [-0.25, -0.2) is 0 Å². The molecule has 0 bridgehead atoms. The normalized spacial score (nSPS) is 9.78. The first-order valence-electron chi connectivity index (χ1n) is 4.87. The van der Waals surface area contributed by atoms with E-state index in [1.54, 1.807) is 24.3 Å². The van der Waals surface area contributed by atoms with Crippen LogP contribution in [0.1, 0.15) is 5.56 Å². The molecule has 2 aromatic rings. The Morgan fingerprint density at radius 3 is 2.72 bits per heavy atom. The average molecular weight is 280 g/mol. The number of hydrogen-bond acceptors (Lipinski definition) is 6. The van der Waals surface area contributed by atoms with E-state index in [-0.39, 0.29) is 11.0 Å². The van der Waals surface area contributed by atoms with Gasteiger partial charge in [0.05, 0.1) is 24.2 Å². The number of hydrogen-bond donors (Lipinski definition) is 0. The van der Waals surface area contributed by atoms with Crippen LogP contribution in [0.25, 0.3) is 0 Å². The SMILES string of the molecule is N#CCc1ccc(Oc2nsnc(Cl)c2=O)cc1. The van der Waals surface area contributed by atoms with Crippen molar-refractivity contribution < 1.29 is 4.74 Å². The first-order chi connectivity index (χ1) is 8.70. The molecule has 0 N–H and O–H groups in total. The van der Waals surface area contributed by atoms with E-state index in [9.17, 15) is 4.79 Å². The van der Waals surface area contributed by atoms with Gasteiger partial charge in [-0.05, 0) is 17.7 Å². The van der Waals surface area contributed by atoms with Gasteiger partial charge in [0.15, 0.2) is 5.15 Å². The zero-order valence-electron chi connectivity index (χ0n) is 8.96. The molecule has 18 heavy (non-hydrogen) atoms. The molecule has 0 aliphatic carbocycles. The molecular formula is C11H6ClN3O2S. The summed E-state index contributed by atoms with van der Waals surface area (Å²) in [6.07, 6.45) is 0.328. The highest BCUT2D eigenvalue weighted by Crippen LogP contribution is 2.18. The molecule has 0 fully saturated rings. The van der Waals surface area contributed by atoms with Gasteiger partial charge in [0, 0.05) is 0 Å². The molecule has 2 rings (SSSR count). The minimum atomic E-state index is -0.545. The predicted octanol–water partition coefficient (Wildman–Crippen LogP) is 2.41. The maximum Gasteiger partial charge on any atom is 0.283 e. The smallest absolute Gasteiger partial charge is 0.283 e. The van der Waals surface area contributed by atoms with Gasteiger partial charge in [-0.3, -0.25) is 4.79 Å². The fourth-order valence-corrected chi connectivity index (χ4v) is 1.77. The largest absolute Gasteiger partial charge is 0.435 e. The van der Waals surface area contributed by atoms with Crippen LogP contribution >= 0.6 is 23.3 Å². The van der Waals surface area contributed by atoms with Gasteiger partial charge >= 0.3 is 0 Å². The molecule has 1 heterocycles. The summed E-state index contributed by atoms with van der Waals surface area (Å²) in [4.78, 5) is 11.5. The van der Waals surface area contributed by atoms with Crippen LogP contribution in [0.15, 0.2) is 29.1 Å². The second-order valence-corrected chi connectivity index (χ2v) is 4.16. The molecule has 7 heteroatoms. The Kier molecular flexibility index (Phi) is 3.87. The lowest BCUT2D eigenvalue weighted by Crippen LogP contribution is -2.07. The van der Waals surface area contributed by atoms with Gasteiger partial charge in [0.2, 0.25) is 0 Å². The number of ether oxygens (including phenoxy) is 1. The number of nitrogens with zero attached hydrogens (tertiary/aromatic N) is 3. The zero-order chi connectivity index (χ0) is 13.0. The first kappa shape index (κ1) is 12.5. The Hall–Kier alpha value is -1.97. The van der Waals surface area contributed by atoms with Crippen LogP contribution in [-0.4, -0.2) is 8.75 Å². The van der Waals surface area contributed by atoms with Crippen LogP contribution in [-0.2, 0) is 6.42 Å². The third-order valence-corrected chi connectivity index (χ3v) is 2.92. The van der Waals surface area contributed by atoms with Crippen molar-refractivity contribution in [2.24, 2.45) is 0 Å². The Bertz CT molecular complexity index is 649. The zero-order valence-corrected chi connectivity index (χ0v) is 10.5. The molecule has 0 amide bonds. The monoisotopic (exact) mass is 279 g/mol. The Morgan fingerprint density at radius 2 is 2.06 bits per heavy atom. The highest BCUT2D eigenvalue weighted by Gasteiger charge is 2.09. The Labute approximate surface area is 112 Å². The summed E-state index contributed by atoms with van der Waals surface area (Å²) in [5.74, 6) is 0.351. The summed E-state index contributed by atoms with van der Waals surface area (Å²) in [6, 6.07) is 8.85. The topological polar surface area (TPSA) is 75.9 Å². The van der Waals surface area contributed by atoms with Gasteiger partial charge in [0.1, 0.15) is 5.75 Å². The van der Waals surface area contributed by atoms with Gasteiger partial charge < -0.3 is 4.74 Å². The van der Waals surface area contributed by atoms with Crippen molar-refractivity contribution in [1.29, 1.82) is 5.26 Å². The van der Waals surface area contributed by atoms with Crippen molar-refractivity contribution in [2.45, 2.75) is 6.42 Å². The molecular weight excluding hydrogens is 274 g/mol. The number of aromatic nitrogens is 2. The standard InChI is InChI=1S/C11H6ClN3O2S/c12-10-9(16)11(15-18-14-10)17-8-3-1-7(2-4-8)5-6-13/h1-4H,5H2. The quantitative estimate of drug-likeness (QED) is 0.862. The van der Waals surface area contributed by atoms with Crippen LogP contribution < -0.4 is 10.2 Å². The molecule has 1 aromatic heterocycles. The molecule has 0 saturated heterocycles. The molecule has 0 aliphatic heterocycles. The lowest BCUT2D eigenvalue weighted by Gasteiger charge is -2.03. The third-order valence-electron chi connectivity index (χ3n) is 2.05. The van der Waals surface area contributed by atoms with Crippen LogP contribution in [0.5, 0.6) is 11.6 Å². The van der Waals surface area contributed by atoms with E-state index in [2.05, 4.69) is 8.75 Å². The lowest BCUT2D eigenvalue weighted by molar-refractivity contribution is 0.462. The fourth-order valence-electron chi connectivity index (χ4n) is 1.21. The van der Waals surface area contributed by atoms with E-state index in [1.165, 1.54) is 0 Å². The molecule has 0 aliphatic rings.